The highest BCUT2D eigenvalue weighted by Gasteiger charge is 2.32. The number of benzene rings is 1. The van der Waals surface area contributed by atoms with Gasteiger partial charge in [0.2, 0.25) is 0 Å². The Morgan fingerprint density at radius 2 is 1.98 bits per heavy atom. The van der Waals surface area contributed by atoms with Gasteiger partial charge in [0.1, 0.15) is 0 Å². The van der Waals surface area contributed by atoms with E-state index in [-0.39, 0.29) is 25.0 Å². The first-order valence-electron chi connectivity index (χ1n) is 14.2. The molecule has 0 saturated carbocycles. The molecule has 1 aliphatic rings. The fraction of sp³-hybridized carbons (Fsp3) is 0.600. The first-order valence-corrected chi connectivity index (χ1v) is 14.2. The van der Waals surface area contributed by atoms with Crippen molar-refractivity contribution in [3.05, 3.63) is 40.5 Å². The zero-order valence-electron chi connectivity index (χ0n) is 24.4. The van der Waals surface area contributed by atoms with Gasteiger partial charge in [-0.05, 0) is 62.3 Å². The number of ether oxygens (including phenoxy) is 3. The van der Waals surface area contributed by atoms with Gasteiger partial charge in [0, 0.05) is 30.2 Å². The van der Waals surface area contributed by atoms with Crippen molar-refractivity contribution >= 4 is 18.3 Å². The Morgan fingerprint density at radius 3 is 2.59 bits per heavy atom. The van der Waals surface area contributed by atoms with Crippen molar-refractivity contribution in [2.45, 2.75) is 97.4 Å². The average Bonchev–Trinajstić information content (AvgIpc) is 3.04. The summed E-state index contributed by atoms with van der Waals surface area (Å²) < 4.78 is 54.9. The van der Waals surface area contributed by atoms with Gasteiger partial charge >= 0.3 is 12.1 Å². The van der Waals surface area contributed by atoms with Gasteiger partial charge in [-0.1, -0.05) is 39.2 Å². The Kier molecular flexibility index (Phi) is 14.6. The largest absolute Gasteiger partial charge is 0.469 e. The summed E-state index contributed by atoms with van der Waals surface area (Å²) in [7, 11) is 1.35. The number of halogens is 3. The fourth-order valence-corrected chi connectivity index (χ4v) is 4.64. The van der Waals surface area contributed by atoms with Crippen LogP contribution < -0.4 is 5.32 Å². The normalized spacial score (nSPS) is 13.6. The topological polar surface area (TPSA) is 99.6 Å². The van der Waals surface area contributed by atoms with E-state index in [0.717, 1.165) is 55.4 Å². The highest BCUT2D eigenvalue weighted by Crippen LogP contribution is 2.37. The molecule has 1 atom stereocenters. The monoisotopic (exact) mass is 581 g/mol. The van der Waals surface area contributed by atoms with Crippen molar-refractivity contribution in [2.75, 3.05) is 25.6 Å². The number of carbonyl (C=O) groups excluding carboxylic acids is 2. The summed E-state index contributed by atoms with van der Waals surface area (Å²) in [6.45, 7) is 7.42. The molecule has 0 saturated heterocycles. The van der Waals surface area contributed by atoms with Gasteiger partial charge in [0.15, 0.2) is 5.82 Å². The maximum Gasteiger partial charge on any atom is 0.416 e. The van der Waals surface area contributed by atoms with Crippen LogP contribution in [0.15, 0.2) is 18.2 Å². The zero-order valence-corrected chi connectivity index (χ0v) is 24.4. The molecular formula is C30H42F3N3O5. The number of carbonyl (C=O) groups is 2. The molecule has 3 rings (SSSR count). The van der Waals surface area contributed by atoms with Crippen molar-refractivity contribution in [2.24, 2.45) is 0 Å². The maximum absolute atomic E-state index is 13.4. The van der Waals surface area contributed by atoms with Crippen LogP contribution in [0.3, 0.4) is 0 Å². The minimum absolute atomic E-state index is 0.0627. The van der Waals surface area contributed by atoms with Gasteiger partial charge in [-0.3, -0.25) is 9.59 Å². The van der Waals surface area contributed by atoms with Crippen molar-refractivity contribution in [1.82, 2.24) is 10.2 Å². The summed E-state index contributed by atoms with van der Waals surface area (Å²) in [5.41, 5.74) is 2.59. The summed E-state index contributed by atoms with van der Waals surface area (Å²) in [5.74, 6) is 0.303. The maximum atomic E-state index is 13.4. The van der Waals surface area contributed by atoms with E-state index in [0.29, 0.717) is 61.6 Å². The Bertz CT molecular complexity index is 1110. The summed E-state index contributed by atoms with van der Waals surface area (Å²) in [6, 6.07) is 3.87. The van der Waals surface area contributed by atoms with E-state index >= 15 is 0 Å². The van der Waals surface area contributed by atoms with Crippen LogP contribution in [-0.4, -0.2) is 49.0 Å². The van der Waals surface area contributed by atoms with E-state index in [1.807, 2.05) is 0 Å². The van der Waals surface area contributed by atoms with E-state index in [4.69, 9.17) is 9.47 Å². The fourth-order valence-electron chi connectivity index (χ4n) is 4.64. The first-order chi connectivity index (χ1) is 19.7. The van der Waals surface area contributed by atoms with Gasteiger partial charge < -0.3 is 19.5 Å². The number of hydrogen-bond acceptors (Lipinski definition) is 8. The van der Waals surface area contributed by atoms with E-state index in [1.165, 1.54) is 13.2 Å². The van der Waals surface area contributed by atoms with Crippen LogP contribution >= 0.6 is 0 Å². The van der Waals surface area contributed by atoms with Crippen LogP contribution in [0.2, 0.25) is 0 Å². The summed E-state index contributed by atoms with van der Waals surface area (Å²) >= 11 is 0. The molecule has 0 spiro atoms. The summed E-state index contributed by atoms with van der Waals surface area (Å²) in [5, 5.41) is 12.6. The molecule has 1 unspecified atom stereocenters. The summed E-state index contributed by atoms with van der Waals surface area (Å²) in [4.78, 5) is 21.2. The van der Waals surface area contributed by atoms with E-state index in [9.17, 15) is 22.8 Å². The number of anilines is 1. The van der Waals surface area contributed by atoms with E-state index in [2.05, 4.69) is 34.1 Å². The molecule has 0 aliphatic carbocycles. The number of unbranched alkanes of at least 4 members (excludes halogenated alkanes) is 2. The lowest BCUT2D eigenvalue weighted by molar-refractivity contribution is -0.140. The minimum atomic E-state index is -4.45. The number of hydrogen-bond donors (Lipinski definition) is 1. The molecule has 41 heavy (non-hydrogen) atoms. The lowest BCUT2D eigenvalue weighted by Gasteiger charge is -2.22. The Morgan fingerprint density at radius 1 is 1.20 bits per heavy atom. The third kappa shape index (κ3) is 10.6. The minimum Gasteiger partial charge on any atom is -0.469 e. The molecule has 2 heterocycles. The van der Waals surface area contributed by atoms with Crippen LogP contribution in [0.25, 0.3) is 11.3 Å². The molecule has 0 radical (unpaired) electrons. The highest BCUT2D eigenvalue weighted by molar-refractivity contribution is 5.73. The smallest absolute Gasteiger partial charge is 0.416 e. The van der Waals surface area contributed by atoms with Gasteiger partial charge in [0.25, 0.3) is 6.47 Å². The Balaban J connectivity index is 0.00000108. The van der Waals surface area contributed by atoms with Crippen LogP contribution in [-0.2, 0) is 49.4 Å². The molecule has 2 aromatic rings. The predicted octanol–water partition coefficient (Wildman–Crippen LogP) is 6.68. The SMILES string of the molecule is CCCCCC(CC)Nc1nnc2c(c1CCC(=O)OC)CCCOCc1cc(C(F)(F)F)ccc1-2.CCOC=O. The van der Waals surface area contributed by atoms with Crippen LogP contribution in [0.5, 0.6) is 0 Å². The molecule has 11 heteroatoms. The quantitative estimate of drug-likeness (QED) is 0.168. The average molecular weight is 582 g/mol. The third-order valence-electron chi connectivity index (χ3n) is 6.88. The lowest BCUT2D eigenvalue weighted by Crippen LogP contribution is -2.22. The molecule has 1 aliphatic heterocycles. The number of esters is 1. The summed E-state index contributed by atoms with van der Waals surface area (Å²) in [6.07, 6.45) is 2.71. The zero-order chi connectivity index (χ0) is 30.3. The number of rotatable bonds is 12. The van der Waals surface area contributed by atoms with Crippen LogP contribution in [0.1, 0.15) is 88.0 Å². The van der Waals surface area contributed by atoms with Crippen LogP contribution in [0, 0.1) is 0 Å². The number of fused-ring (bicyclic) bond motifs is 3. The third-order valence-corrected chi connectivity index (χ3v) is 6.88. The Hall–Kier alpha value is -3.21. The molecule has 8 nitrogen and oxygen atoms in total. The molecule has 1 aromatic heterocycles. The number of methoxy groups -OCH3 is 1. The molecule has 0 amide bonds. The van der Waals surface area contributed by atoms with Gasteiger partial charge in [0.05, 0.1) is 31.6 Å². The number of alkyl halides is 3. The van der Waals surface area contributed by atoms with Crippen molar-refractivity contribution < 1.29 is 37.0 Å². The van der Waals surface area contributed by atoms with Gasteiger partial charge in [-0.15, -0.1) is 10.2 Å². The predicted molar refractivity (Wildman–Crippen MR) is 150 cm³/mol. The van der Waals surface area contributed by atoms with Crippen molar-refractivity contribution in [3.8, 4) is 11.3 Å². The molecule has 228 valence electrons. The molecule has 0 fully saturated rings. The van der Waals surface area contributed by atoms with Crippen molar-refractivity contribution in [3.63, 3.8) is 0 Å². The lowest BCUT2D eigenvalue weighted by atomic mass is 9.92. The molecule has 1 N–H and O–H groups in total. The van der Waals surface area contributed by atoms with Gasteiger partial charge in [-0.2, -0.15) is 13.2 Å². The van der Waals surface area contributed by atoms with Crippen LogP contribution in [0.4, 0.5) is 19.0 Å². The molecule has 1 aromatic carbocycles. The second-order valence-corrected chi connectivity index (χ2v) is 9.75. The number of aromatic nitrogens is 2. The number of nitrogens with one attached hydrogen (secondary N) is 1. The first kappa shape index (κ1) is 34.0. The highest BCUT2D eigenvalue weighted by atomic mass is 19.4. The second kappa shape index (κ2) is 17.6. The molecule has 0 bridgehead atoms. The second-order valence-electron chi connectivity index (χ2n) is 9.75. The Labute approximate surface area is 240 Å². The van der Waals surface area contributed by atoms with E-state index < -0.39 is 11.7 Å². The molecular weight excluding hydrogens is 539 g/mol. The van der Waals surface area contributed by atoms with E-state index in [1.54, 1.807) is 6.92 Å². The number of nitrogens with zero attached hydrogens (tertiary/aromatic N) is 2. The standard InChI is InChI=1S/C27H36F3N3O3.C3H6O2/c1-4-6-7-9-20(5-2)31-26-23(13-14-24(34)35-3)22-10-8-15-36-17-18-16-19(27(28,29)30)11-12-21(18)25(22)32-33-26;1-2-5-3-4/h11-12,16,20H,4-10,13-15,17H2,1-3H3,(H,31,33);3H,2H2,1H3. The van der Waals surface area contributed by atoms with Gasteiger partial charge in [-0.25, -0.2) is 0 Å². The van der Waals surface area contributed by atoms with Crippen molar-refractivity contribution in [1.29, 1.82) is 0 Å².